The van der Waals surface area contributed by atoms with Crippen LogP contribution in [0.15, 0.2) is 41.7 Å². The lowest BCUT2D eigenvalue weighted by Crippen LogP contribution is -2.53. The van der Waals surface area contributed by atoms with Gasteiger partial charge >= 0.3 is 0 Å². The summed E-state index contributed by atoms with van der Waals surface area (Å²) in [5.74, 6) is 2.88. The van der Waals surface area contributed by atoms with E-state index in [0.717, 1.165) is 69.8 Å². The second-order valence-electron chi connectivity index (χ2n) is 7.41. The number of aliphatic imine (C=N–C) groups is 1. The lowest BCUT2D eigenvalue weighted by molar-refractivity contribution is 0.151. The molecule has 0 aliphatic carbocycles. The molecule has 2 heterocycles. The Bertz CT molecular complexity index is 773. The normalized spacial score (nSPS) is 15.3. The van der Waals surface area contributed by atoms with Crippen LogP contribution in [0.2, 0.25) is 0 Å². The number of para-hydroxylation sites is 1. The SMILES string of the molecule is CCc1nncn1CCNC(=NCCOC)N1CCN(CCOc2ccccc2)CC1. The van der Waals surface area contributed by atoms with Crippen LogP contribution in [0.1, 0.15) is 12.7 Å². The lowest BCUT2D eigenvalue weighted by Gasteiger charge is -2.36. The van der Waals surface area contributed by atoms with Crippen molar-refractivity contribution in [2.24, 2.45) is 4.99 Å². The van der Waals surface area contributed by atoms with E-state index in [1.807, 2.05) is 30.3 Å². The maximum atomic E-state index is 5.84. The molecular formula is C22H35N7O2. The third-order valence-electron chi connectivity index (χ3n) is 5.30. The van der Waals surface area contributed by atoms with Gasteiger partial charge in [-0.25, -0.2) is 0 Å². The quantitative estimate of drug-likeness (QED) is 0.326. The van der Waals surface area contributed by atoms with E-state index >= 15 is 0 Å². The van der Waals surface area contributed by atoms with Gasteiger partial charge in [-0.05, 0) is 12.1 Å². The summed E-state index contributed by atoms with van der Waals surface area (Å²) < 4.78 is 13.1. The molecule has 0 saturated carbocycles. The molecule has 170 valence electrons. The zero-order valence-electron chi connectivity index (χ0n) is 18.7. The Morgan fingerprint density at radius 1 is 1.10 bits per heavy atom. The number of guanidine groups is 1. The van der Waals surface area contributed by atoms with Crippen LogP contribution < -0.4 is 10.1 Å². The number of hydrogen-bond donors (Lipinski definition) is 1. The fourth-order valence-corrected chi connectivity index (χ4v) is 3.53. The molecule has 1 N–H and O–H groups in total. The molecule has 2 aromatic rings. The first-order valence-electron chi connectivity index (χ1n) is 11.1. The molecule has 9 nitrogen and oxygen atoms in total. The minimum atomic E-state index is 0.618. The van der Waals surface area contributed by atoms with Gasteiger partial charge in [-0.15, -0.1) is 10.2 Å². The van der Waals surface area contributed by atoms with E-state index in [1.54, 1.807) is 13.4 Å². The van der Waals surface area contributed by atoms with Crippen molar-refractivity contribution in [3.8, 4) is 5.75 Å². The number of aryl methyl sites for hydroxylation is 1. The van der Waals surface area contributed by atoms with Crippen LogP contribution in [0.5, 0.6) is 5.75 Å². The molecule has 0 spiro atoms. The Balaban J connectivity index is 1.43. The Morgan fingerprint density at radius 2 is 1.90 bits per heavy atom. The second-order valence-corrected chi connectivity index (χ2v) is 7.41. The van der Waals surface area contributed by atoms with Crippen molar-refractivity contribution in [2.75, 3.05) is 66.1 Å². The van der Waals surface area contributed by atoms with E-state index in [1.165, 1.54) is 0 Å². The molecule has 0 amide bonds. The fourth-order valence-electron chi connectivity index (χ4n) is 3.53. The smallest absolute Gasteiger partial charge is 0.194 e. The van der Waals surface area contributed by atoms with Gasteiger partial charge in [0.2, 0.25) is 0 Å². The first kappa shape index (κ1) is 23.0. The maximum Gasteiger partial charge on any atom is 0.194 e. The monoisotopic (exact) mass is 429 g/mol. The van der Waals surface area contributed by atoms with Crippen LogP contribution in [0, 0.1) is 0 Å². The summed E-state index contributed by atoms with van der Waals surface area (Å²) in [5.41, 5.74) is 0. The summed E-state index contributed by atoms with van der Waals surface area (Å²) in [6.45, 7) is 10.5. The van der Waals surface area contributed by atoms with Crippen LogP contribution in [0.25, 0.3) is 0 Å². The van der Waals surface area contributed by atoms with E-state index in [4.69, 9.17) is 14.5 Å². The van der Waals surface area contributed by atoms with E-state index in [2.05, 4.69) is 36.8 Å². The number of rotatable bonds is 11. The van der Waals surface area contributed by atoms with Crippen molar-refractivity contribution in [3.05, 3.63) is 42.5 Å². The zero-order chi connectivity index (χ0) is 21.7. The highest BCUT2D eigenvalue weighted by atomic mass is 16.5. The molecule has 1 saturated heterocycles. The minimum absolute atomic E-state index is 0.618. The number of piperazine rings is 1. The largest absolute Gasteiger partial charge is 0.492 e. The maximum absolute atomic E-state index is 5.84. The highest BCUT2D eigenvalue weighted by Gasteiger charge is 2.19. The molecule has 1 aromatic carbocycles. The first-order valence-corrected chi connectivity index (χ1v) is 11.1. The van der Waals surface area contributed by atoms with Gasteiger partial charge in [-0.1, -0.05) is 25.1 Å². The summed E-state index contributed by atoms with van der Waals surface area (Å²) in [6.07, 6.45) is 2.67. The van der Waals surface area contributed by atoms with Gasteiger partial charge in [0.25, 0.3) is 0 Å². The third-order valence-corrected chi connectivity index (χ3v) is 5.30. The molecular weight excluding hydrogens is 394 g/mol. The lowest BCUT2D eigenvalue weighted by atomic mass is 10.3. The standard InChI is InChI=1S/C22H35N7O2/c1-3-21-26-25-19-29(21)11-9-23-22(24-10-17-30-2)28-14-12-27(13-15-28)16-18-31-20-7-5-4-6-8-20/h4-8,19H,3,9-18H2,1-2H3,(H,23,24). The number of nitrogens with zero attached hydrogens (tertiary/aromatic N) is 6. The summed E-state index contributed by atoms with van der Waals surface area (Å²) in [5, 5.41) is 11.7. The predicted molar refractivity (Wildman–Crippen MR) is 122 cm³/mol. The average Bonchev–Trinajstić information content (AvgIpc) is 3.27. The van der Waals surface area contributed by atoms with Gasteiger partial charge in [0, 0.05) is 59.3 Å². The number of ether oxygens (including phenoxy) is 2. The first-order chi connectivity index (χ1) is 15.3. The third kappa shape index (κ3) is 7.52. The van der Waals surface area contributed by atoms with Crippen molar-refractivity contribution in [1.29, 1.82) is 0 Å². The number of benzene rings is 1. The number of methoxy groups -OCH3 is 1. The fraction of sp³-hybridized carbons (Fsp3) is 0.591. The second kappa shape index (κ2) is 12.9. The topological polar surface area (TPSA) is 80.0 Å². The highest BCUT2D eigenvalue weighted by molar-refractivity contribution is 5.80. The summed E-state index contributed by atoms with van der Waals surface area (Å²) in [4.78, 5) is 9.52. The summed E-state index contributed by atoms with van der Waals surface area (Å²) >= 11 is 0. The Hall–Kier alpha value is -2.65. The average molecular weight is 430 g/mol. The van der Waals surface area contributed by atoms with Crippen molar-refractivity contribution in [2.45, 2.75) is 19.9 Å². The van der Waals surface area contributed by atoms with E-state index < -0.39 is 0 Å². The van der Waals surface area contributed by atoms with Crippen LogP contribution >= 0.6 is 0 Å². The van der Waals surface area contributed by atoms with Gasteiger partial charge in [-0.2, -0.15) is 0 Å². The van der Waals surface area contributed by atoms with Gasteiger partial charge in [0.15, 0.2) is 5.96 Å². The van der Waals surface area contributed by atoms with Crippen LogP contribution in [0.3, 0.4) is 0 Å². The Morgan fingerprint density at radius 3 is 2.65 bits per heavy atom. The number of aromatic nitrogens is 3. The van der Waals surface area contributed by atoms with Gasteiger partial charge in [0.1, 0.15) is 24.5 Å². The molecule has 0 unspecified atom stereocenters. The summed E-state index contributed by atoms with van der Waals surface area (Å²) in [6, 6.07) is 9.99. The van der Waals surface area contributed by atoms with Gasteiger partial charge in [0.05, 0.1) is 13.2 Å². The van der Waals surface area contributed by atoms with Crippen molar-refractivity contribution in [1.82, 2.24) is 29.9 Å². The molecule has 31 heavy (non-hydrogen) atoms. The molecule has 1 aliphatic heterocycles. The molecule has 3 rings (SSSR count). The predicted octanol–water partition coefficient (Wildman–Crippen LogP) is 1.13. The van der Waals surface area contributed by atoms with Crippen molar-refractivity contribution < 1.29 is 9.47 Å². The number of nitrogens with one attached hydrogen (secondary N) is 1. The molecule has 0 atom stereocenters. The minimum Gasteiger partial charge on any atom is -0.492 e. The van der Waals surface area contributed by atoms with Gasteiger partial charge in [-0.3, -0.25) is 9.89 Å². The van der Waals surface area contributed by atoms with Crippen LogP contribution in [0.4, 0.5) is 0 Å². The molecule has 1 aromatic heterocycles. The van der Waals surface area contributed by atoms with Crippen LogP contribution in [-0.4, -0.2) is 96.7 Å². The molecule has 0 radical (unpaired) electrons. The number of hydrogen-bond acceptors (Lipinski definition) is 6. The molecule has 1 aliphatic rings. The van der Waals surface area contributed by atoms with Gasteiger partial charge < -0.3 is 24.3 Å². The molecule has 9 heteroatoms. The summed E-state index contributed by atoms with van der Waals surface area (Å²) in [7, 11) is 1.71. The van der Waals surface area contributed by atoms with E-state index in [9.17, 15) is 0 Å². The zero-order valence-corrected chi connectivity index (χ0v) is 18.7. The Kier molecular flexibility index (Phi) is 9.59. The Labute approximate surface area is 185 Å². The van der Waals surface area contributed by atoms with Crippen molar-refractivity contribution in [3.63, 3.8) is 0 Å². The van der Waals surface area contributed by atoms with E-state index in [-0.39, 0.29) is 0 Å². The molecule has 1 fully saturated rings. The highest BCUT2D eigenvalue weighted by Crippen LogP contribution is 2.09. The van der Waals surface area contributed by atoms with E-state index in [0.29, 0.717) is 19.8 Å². The van der Waals surface area contributed by atoms with Crippen molar-refractivity contribution >= 4 is 5.96 Å². The van der Waals surface area contributed by atoms with Crippen LogP contribution in [-0.2, 0) is 17.7 Å². The molecule has 0 bridgehead atoms.